The molecule has 0 amide bonds. The van der Waals surface area contributed by atoms with Crippen LogP contribution in [0.3, 0.4) is 0 Å². The molecule has 1 rings (SSSR count). The molecule has 0 aliphatic carbocycles. The zero-order chi connectivity index (χ0) is 10.6. The van der Waals surface area contributed by atoms with Gasteiger partial charge in [0, 0.05) is 11.8 Å². The molecule has 0 saturated carbocycles. The molecule has 0 heterocycles. The van der Waals surface area contributed by atoms with Gasteiger partial charge in [-0.25, -0.2) is 4.39 Å². The molecule has 0 N–H and O–H groups in total. The molecule has 0 radical (unpaired) electrons. The highest BCUT2D eigenvalue weighted by atomic mass is 79.9. The first kappa shape index (κ1) is 11.4. The standard InChI is InChI=1S/C11H12BrFO/c1-2-8-4-3-5-9(13)11(8)10(14)6-7-12/h3-5H,2,6-7H2,1H3. The molecule has 0 atom stereocenters. The Kier molecular flexibility index (Phi) is 4.26. The third-order valence-corrected chi connectivity index (χ3v) is 2.48. The van der Waals surface area contributed by atoms with Crippen LogP contribution in [0.25, 0.3) is 0 Å². The van der Waals surface area contributed by atoms with Crippen LogP contribution in [0.4, 0.5) is 4.39 Å². The Labute approximate surface area is 91.5 Å². The fourth-order valence-electron chi connectivity index (χ4n) is 1.39. The quantitative estimate of drug-likeness (QED) is 0.598. The zero-order valence-corrected chi connectivity index (χ0v) is 9.60. The first-order valence-electron chi connectivity index (χ1n) is 4.57. The Balaban J connectivity index is 3.10. The van der Waals surface area contributed by atoms with Crippen molar-refractivity contribution >= 4 is 21.7 Å². The van der Waals surface area contributed by atoms with Crippen LogP contribution in [0, 0.1) is 5.82 Å². The lowest BCUT2D eigenvalue weighted by atomic mass is 10.00. The summed E-state index contributed by atoms with van der Waals surface area (Å²) in [6.07, 6.45) is 1.02. The van der Waals surface area contributed by atoms with Crippen LogP contribution in [0.5, 0.6) is 0 Å². The van der Waals surface area contributed by atoms with Crippen LogP contribution < -0.4 is 0 Å². The summed E-state index contributed by atoms with van der Waals surface area (Å²) in [4.78, 5) is 11.6. The molecule has 0 aliphatic rings. The average molecular weight is 259 g/mol. The van der Waals surface area contributed by atoms with E-state index in [4.69, 9.17) is 0 Å². The minimum atomic E-state index is -0.407. The van der Waals surface area contributed by atoms with Crippen molar-refractivity contribution in [1.29, 1.82) is 0 Å². The number of hydrogen-bond donors (Lipinski definition) is 0. The lowest BCUT2D eigenvalue weighted by Gasteiger charge is -2.06. The monoisotopic (exact) mass is 258 g/mol. The molecule has 76 valence electrons. The van der Waals surface area contributed by atoms with Gasteiger partial charge in [0.1, 0.15) is 5.82 Å². The molecule has 14 heavy (non-hydrogen) atoms. The maximum absolute atomic E-state index is 13.4. The Morgan fingerprint density at radius 2 is 2.21 bits per heavy atom. The molecule has 0 aromatic heterocycles. The second kappa shape index (κ2) is 5.25. The van der Waals surface area contributed by atoms with Crippen molar-refractivity contribution < 1.29 is 9.18 Å². The van der Waals surface area contributed by atoms with E-state index in [-0.39, 0.29) is 11.3 Å². The van der Waals surface area contributed by atoms with Gasteiger partial charge in [-0.1, -0.05) is 35.0 Å². The van der Waals surface area contributed by atoms with Crippen LogP contribution in [0.1, 0.15) is 29.3 Å². The summed E-state index contributed by atoms with van der Waals surface area (Å²) in [7, 11) is 0. The van der Waals surface area contributed by atoms with Crippen molar-refractivity contribution in [3.63, 3.8) is 0 Å². The highest BCUT2D eigenvalue weighted by Gasteiger charge is 2.14. The largest absolute Gasteiger partial charge is 0.294 e. The van der Waals surface area contributed by atoms with Crippen molar-refractivity contribution in [3.8, 4) is 0 Å². The number of benzene rings is 1. The molecular weight excluding hydrogens is 247 g/mol. The second-order valence-electron chi connectivity index (χ2n) is 2.99. The lowest BCUT2D eigenvalue weighted by molar-refractivity contribution is 0.0985. The Hall–Kier alpha value is -0.700. The van der Waals surface area contributed by atoms with Gasteiger partial charge in [0.2, 0.25) is 0 Å². The van der Waals surface area contributed by atoms with Crippen molar-refractivity contribution in [3.05, 3.63) is 35.1 Å². The van der Waals surface area contributed by atoms with E-state index in [1.54, 1.807) is 12.1 Å². The van der Waals surface area contributed by atoms with E-state index in [0.717, 1.165) is 5.56 Å². The van der Waals surface area contributed by atoms with Gasteiger partial charge in [0.05, 0.1) is 5.56 Å². The number of halogens is 2. The molecule has 3 heteroatoms. The summed E-state index contributed by atoms with van der Waals surface area (Å²) in [5.74, 6) is -0.535. The fourth-order valence-corrected chi connectivity index (χ4v) is 1.75. The van der Waals surface area contributed by atoms with Gasteiger partial charge < -0.3 is 0 Å². The summed E-state index contributed by atoms with van der Waals surface area (Å²) in [6.45, 7) is 1.92. The van der Waals surface area contributed by atoms with E-state index in [1.807, 2.05) is 6.92 Å². The van der Waals surface area contributed by atoms with Gasteiger partial charge >= 0.3 is 0 Å². The zero-order valence-electron chi connectivity index (χ0n) is 8.02. The van der Waals surface area contributed by atoms with E-state index in [1.165, 1.54) is 6.07 Å². The van der Waals surface area contributed by atoms with Crippen LogP contribution in [-0.4, -0.2) is 11.1 Å². The predicted octanol–water partition coefficient (Wildman–Crippen LogP) is 3.36. The van der Waals surface area contributed by atoms with E-state index >= 15 is 0 Å². The summed E-state index contributed by atoms with van der Waals surface area (Å²) in [6, 6.07) is 4.77. The number of hydrogen-bond acceptors (Lipinski definition) is 1. The number of alkyl halides is 1. The smallest absolute Gasteiger partial charge is 0.166 e. The summed E-state index contributed by atoms with van der Waals surface area (Å²) in [5, 5.41) is 0.573. The average Bonchev–Trinajstić information content (AvgIpc) is 2.17. The maximum atomic E-state index is 13.4. The molecular formula is C11H12BrFO. The highest BCUT2D eigenvalue weighted by Crippen LogP contribution is 2.16. The maximum Gasteiger partial charge on any atom is 0.166 e. The first-order chi connectivity index (χ1) is 6.70. The third kappa shape index (κ3) is 2.41. The normalized spacial score (nSPS) is 10.2. The van der Waals surface area contributed by atoms with Gasteiger partial charge in [0.15, 0.2) is 5.78 Å². The number of aryl methyl sites for hydroxylation is 1. The Bertz CT molecular complexity index is 336. The van der Waals surface area contributed by atoms with Crippen LogP contribution >= 0.6 is 15.9 Å². The van der Waals surface area contributed by atoms with Gasteiger partial charge in [-0.2, -0.15) is 0 Å². The highest BCUT2D eigenvalue weighted by molar-refractivity contribution is 9.09. The molecule has 0 aliphatic heterocycles. The number of carbonyl (C=O) groups is 1. The number of rotatable bonds is 4. The summed E-state index contributed by atoms with van der Waals surface area (Å²) in [5.41, 5.74) is 1.05. The molecule has 1 aromatic rings. The summed E-state index contributed by atoms with van der Waals surface area (Å²) < 4.78 is 13.4. The fraction of sp³-hybridized carbons (Fsp3) is 0.364. The Morgan fingerprint density at radius 1 is 1.50 bits per heavy atom. The van der Waals surface area contributed by atoms with Gasteiger partial charge in [-0.15, -0.1) is 0 Å². The molecule has 1 aromatic carbocycles. The van der Waals surface area contributed by atoms with E-state index < -0.39 is 5.82 Å². The van der Waals surface area contributed by atoms with E-state index in [2.05, 4.69) is 15.9 Å². The molecule has 0 spiro atoms. The van der Waals surface area contributed by atoms with E-state index in [0.29, 0.717) is 18.2 Å². The van der Waals surface area contributed by atoms with Gasteiger partial charge in [0.25, 0.3) is 0 Å². The Morgan fingerprint density at radius 3 is 2.79 bits per heavy atom. The van der Waals surface area contributed by atoms with Gasteiger partial charge in [-0.3, -0.25) is 4.79 Å². The molecule has 1 nitrogen and oxygen atoms in total. The van der Waals surface area contributed by atoms with Crippen LogP contribution in [0.15, 0.2) is 18.2 Å². The van der Waals surface area contributed by atoms with Gasteiger partial charge in [-0.05, 0) is 18.1 Å². The molecule has 0 unspecified atom stereocenters. The lowest BCUT2D eigenvalue weighted by Crippen LogP contribution is -2.07. The summed E-state index contributed by atoms with van der Waals surface area (Å²) >= 11 is 3.18. The minimum absolute atomic E-state index is 0.128. The minimum Gasteiger partial charge on any atom is -0.294 e. The molecule has 0 saturated heterocycles. The molecule has 0 fully saturated rings. The number of Topliss-reactive ketones (excluding diaryl/α,β-unsaturated/α-hetero) is 1. The first-order valence-corrected chi connectivity index (χ1v) is 5.69. The third-order valence-electron chi connectivity index (χ3n) is 2.08. The second-order valence-corrected chi connectivity index (χ2v) is 3.78. The van der Waals surface area contributed by atoms with Crippen molar-refractivity contribution in [2.45, 2.75) is 19.8 Å². The SMILES string of the molecule is CCc1cccc(F)c1C(=O)CCBr. The van der Waals surface area contributed by atoms with Crippen LogP contribution in [0.2, 0.25) is 0 Å². The van der Waals surface area contributed by atoms with E-state index in [9.17, 15) is 9.18 Å². The van der Waals surface area contributed by atoms with Crippen molar-refractivity contribution in [1.82, 2.24) is 0 Å². The predicted molar refractivity (Wildman–Crippen MR) is 58.5 cm³/mol. The van der Waals surface area contributed by atoms with Crippen molar-refractivity contribution in [2.75, 3.05) is 5.33 Å². The topological polar surface area (TPSA) is 17.1 Å². The van der Waals surface area contributed by atoms with Crippen molar-refractivity contribution in [2.24, 2.45) is 0 Å². The van der Waals surface area contributed by atoms with Crippen LogP contribution in [-0.2, 0) is 6.42 Å². The number of ketones is 1. The number of carbonyl (C=O) groups excluding carboxylic acids is 1. The molecule has 0 bridgehead atoms.